The van der Waals surface area contributed by atoms with Crippen LogP contribution in [0.4, 0.5) is 0 Å². The molecule has 0 unspecified atom stereocenters. The molecular weight excluding hydrogens is 308 g/mol. The summed E-state index contributed by atoms with van der Waals surface area (Å²) >= 11 is 2.72. The van der Waals surface area contributed by atoms with Gasteiger partial charge in [0.05, 0.1) is 12.2 Å². The minimum atomic E-state index is -0.0798. The Labute approximate surface area is 128 Å². The number of imidazole rings is 1. The first-order chi connectivity index (χ1) is 10.1. The van der Waals surface area contributed by atoms with E-state index in [0.717, 1.165) is 27.7 Å². The molecule has 1 amide bonds. The molecule has 0 aliphatic carbocycles. The minimum absolute atomic E-state index is 0.0189. The Bertz CT molecular complexity index is 798. The van der Waals surface area contributed by atoms with E-state index in [0.29, 0.717) is 19.5 Å². The van der Waals surface area contributed by atoms with Gasteiger partial charge in [-0.25, -0.2) is 4.98 Å². The standard InChI is InChI=1S/C13H14N4O2S2/c1-9-8-21-13(19)17(9)3-2-11(18)14-6-10-7-16-4-5-20-12(16)15-10/h4-5,7-8H,2-3,6H2,1H3,(H,14,18). The molecule has 8 heteroatoms. The fourth-order valence-electron chi connectivity index (χ4n) is 2.03. The molecule has 3 aromatic rings. The maximum absolute atomic E-state index is 11.8. The van der Waals surface area contributed by atoms with E-state index >= 15 is 0 Å². The third-order valence-corrected chi connectivity index (χ3v) is 4.80. The van der Waals surface area contributed by atoms with Crippen molar-refractivity contribution in [3.05, 3.63) is 44.2 Å². The van der Waals surface area contributed by atoms with E-state index < -0.39 is 0 Å². The molecule has 0 spiro atoms. The van der Waals surface area contributed by atoms with Crippen molar-refractivity contribution < 1.29 is 4.79 Å². The van der Waals surface area contributed by atoms with E-state index in [9.17, 15) is 9.59 Å². The van der Waals surface area contributed by atoms with Crippen LogP contribution in [0.2, 0.25) is 0 Å². The van der Waals surface area contributed by atoms with Crippen molar-refractivity contribution in [2.45, 2.75) is 26.4 Å². The number of carbonyl (C=O) groups is 1. The molecule has 0 radical (unpaired) electrons. The molecule has 110 valence electrons. The first-order valence-corrected chi connectivity index (χ1v) is 8.22. The fraction of sp³-hybridized carbons (Fsp3) is 0.308. The lowest BCUT2D eigenvalue weighted by molar-refractivity contribution is -0.121. The van der Waals surface area contributed by atoms with E-state index in [1.54, 1.807) is 21.3 Å². The van der Waals surface area contributed by atoms with Crippen LogP contribution in [0.15, 0.2) is 27.9 Å². The summed E-state index contributed by atoms with van der Waals surface area (Å²) in [4.78, 5) is 28.7. The van der Waals surface area contributed by atoms with Gasteiger partial charge in [0.15, 0.2) is 4.96 Å². The summed E-state index contributed by atoms with van der Waals surface area (Å²) in [5, 5.41) is 6.60. The lowest BCUT2D eigenvalue weighted by Crippen LogP contribution is -2.26. The Morgan fingerprint density at radius 3 is 3.00 bits per heavy atom. The maximum atomic E-state index is 11.8. The summed E-state index contributed by atoms with van der Waals surface area (Å²) in [6.07, 6.45) is 4.13. The normalized spacial score (nSPS) is 11.1. The molecule has 6 nitrogen and oxygen atoms in total. The quantitative estimate of drug-likeness (QED) is 0.776. The fourth-order valence-corrected chi connectivity index (χ4v) is 3.51. The van der Waals surface area contributed by atoms with E-state index in [1.807, 2.05) is 29.1 Å². The summed E-state index contributed by atoms with van der Waals surface area (Å²) in [6, 6.07) is 0. The molecule has 21 heavy (non-hydrogen) atoms. The molecule has 3 rings (SSSR count). The van der Waals surface area contributed by atoms with E-state index in [2.05, 4.69) is 10.3 Å². The summed E-state index contributed by atoms with van der Waals surface area (Å²) in [5.41, 5.74) is 1.73. The number of aromatic nitrogens is 3. The molecule has 3 heterocycles. The zero-order chi connectivity index (χ0) is 14.8. The smallest absolute Gasteiger partial charge is 0.307 e. The second kappa shape index (κ2) is 5.82. The van der Waals surface area contributed by atoms with Gasteiger partial charge < -0.3 is 9.88 Å². The number of aryl methyl sites for hydroxylation is 1. The predicted octanol–water partition coefficient (Wildman–Crippen LogP) is 1.63. The molecule has 0 fully saturated rings. The van der Waals surface area contributed by atoms with Gasteiger partial charge in [0.2, 0.25) is 5.91 Å². The largest absolute Gasteiger partial charge is 0.350 e. The number of thiazole rings is 2. The van der Waals surface area contributed by atoms with Crippen molar-refractivity contribution in [2.24, 2.45) is 0 Å². The molecule has 0 bridgehead atoms. The van der Waals surface area contributed by atoms with Crippen LogP contribution in [0, 0.1) is 6.92 Å². The molecule has 0 saturated carbocycles. The summed E-state index contributed by atoms with van der Waals surface area (Å²) in [6.45, 7) is 2.69. The summed E-state index contributed by atoms with van der Waals surface area (Å²) < 4.78 is 3.55. The minimum Gasteiger partial charge on any atom is -0.350 e. The van der Waals surface area contributed by atoms with Gasteiger partial charge in [-0.15, -0.1) is 11.3 Å². The van der Waals surface area contributed by atoms with Crippen molar-refractivity contribution >= 4 is 33.5 Å². The van der Waals surface area contributed by atoms with E-state index in [1.165, 1.54) is 0 Å². The Kier molecular flexibility index (Phi) is 3.89. The van der Waals surface area contributed by atoms with Gasteiger partial charge in [0, 0.05) is 41.8 Å². The molecule has 0 aromatic carbocycles. The van der Waals surface area contributed by atoms with Crippen LogP contribution in [0.1, 0.15) is 17.8 Å². The average Bonchev–Trinajstić information content (AvgIpc) is 3.11. The third-order valence-electron chi connectivity index (χ3n) is 3.15. The number of rotatable bonds is 5. The van der Waals surface area contributed by atoms with Gasteiger partial charge in [0.1, 0.15) is 0 Å². The zero-order valence-electron chi connectivity index (χ0n) is 11.4. The predicted molar refractivity (Wildman–Crippen MR) is 82.8 cm³/mol. The number of hydrogen-bond acceptors (Lipinski definition) is 5. The maximum Gasteiger partial charge on any atom is 0.307 e. The van der Waals surface area contributed by atoms with Crippen LogP contribution in [0.25, 0.3) is 4.96 Å². The lowest BCUT2D eigenvalue weighted by Gasteiger charge is -2.05. The number of carbonyl (C=O) groups excluding carboxylic acids is 1. The molecular formula is C13H14N4O2S2. The highest BCUT2D eigenvalue weighted by atomic mass is 32.1. The number of fused-ring (bicyclic) bond motifs is 1. The Morgan fingerprint density at radius 2 is 2.29 bits per heavy atom. The summed E-state index contributed by atoms with van der Waals surface area (Å²) in [5.74, 6) is -0.0798. The molecule has 0 aliphatic heterocycles. The van der Waals surface area contributed by atoms with Crippen LogP contribution in [0.5, 0.6) is 0 Å². The third kappa shape index (κ3) is 3.06. The first kappa shape index (κ1) is 14.0. The Hall–Kier alpha value is -1.93. The molecule has 0 saturated heterocycles. The topological polar surface area (TPSA) is 68.4 Å². The molecule has 0 atom stereocenters. The highest BCUT2D eigenvalue weighted by Gasteiger charge is 2.08. The van der Waals surface area contributed by atoms with Crippen molar-refractivity contribution in [2.75, 3.05) is 0 Å². The van der Waals surface area contributed by atoms with Gasteiger partial charge >= 0.3 is 4.87 Å². The van der Waals surface area contributed by atoms with Crippen molar-refractivity contribution in [3.63, 3.8) is 0 Å². The van der Waals surface area contributed by atoms with Crippen molar-refractivity contribution in [3.8, 4) is 0 Å². The number of amides is 1. The van der Waals surface area contributed by atoms with Crippen molar-refractivity contribution in [1.82, 2.24) is 19.3 Å². The molecule has 1 N–H and O–H groups in total. The second-order valence-electron chi connectivity index (χ2n) is 4.65. The van der Waals surface area contributed by atoms with Crippen molar-refractivity contribution in [1.29, 1.82) is 0 Å². The van der Waals surface area contributed by atoms with Crippen LogP contribution < -0.4 is 10.2 Å². The summed E-state index contributed by atoms with van der Waals surface area (Å²) in [7, 11) is 0. The Balaban J connectivity index is 1.52. The molecule has 3 aromatic heterocycles. The monoisotopic (exact) mass is 322 g/mol. The molecule has 0 aliphatic rings. The van der Waals surface area contributed by atoms with Crippen LogP contribution in [-0.4, -0.2) is 19.9 Å². The Morgan fingerprint density at radius 1 is 1.43 bits per heavy atom. The van der Waals surface area contributed by atoms with Gasteiger partial charge in [-0.2, -0.15) is 0 Å². The zero-order valence-corrected chi connectivity index (χ0v) is 13.0. The highest BCUT2D eigenvalue weighted by Crippen LogP contribution is 2.11. The van der Waals surface area contributed by atoms with E-state index in [4.69, 9.17) is 0 Å². The van der Waals surface area contributed by atoms with Crippen LogP contribution >= 0.6 is 22.7 Å². The number of hydrogen-bond donors (Lipinski definition) is 1. The van der Waals surface area contributed by atoms with Gasteiger partial charge in [-0.3, -0.25) is 14.0 Å². The van der Waals surface area contributed by atoms with Gasteiger partial charge in [-0.1, -0.05) is 11.3 Å². The lowest BCUT2D eigenvalue weighted by atomic mass is 10.3. The van der Waals surface area contributed by atoms with Gasteiger partial charge in [0.25, 0.3) is 0 Å². The van der Waals surface area contributed by atoms with Gasteiger partial charge in [-0.05, 0) is 6.92 Å². The first-order valence-electron chi connectivity index (χ1n) is 6.46. The second-order valence-corrected chi connectivity index (χ2v) is 6.34. The van der Waals surface area contributed by atoms with Crippen LogP contribution in [0.3, 0.4) is 0 Å². The highest BCUT2D eigenvalue weighted by molar-refractivity contribution is 7.15. The van der Waals surface area contributed by atoms with E-state index in [-0.39, 0.29) is 10.8 Å². The SMILES string of the molecule is Cc1csc(=O)n1CCC(=O)NCc1cn2ccsc2n1. The average molecular weight is 322 g/mol. The number of nitrogens with one attached hydrogen (secondary N) is 1. The van der Waals surface area contributed by atoms with Crippen LogP contribution in [-0.2, 0) is 17.9 Å². The number of nitrogens with zero attached hydrogens (tertiary/aromatic N) is 3.